The van der Waals surface area contributed by atoms with Crippen molar-refractivity contribution in [3.8, 4) is 0 Å². The lowest BCUT2D eigenvalue weighted by atomic mass is 10.1. The maximum Gasteiger partial charge on any atom is 0.137 e. The lowest BCUT2D eigenvalue weighted by Gasteiger charge is -2.02. The molecule has 0 spiro atoms. The molecule has 0 saturated carbocycles. The summed E-state index contributed by atoms with van der Waals surface area (Å²) in [7, 11) is 0. The van der Waals surface area contributed by atoms with Crippen molar-refractivity contribution in [3.63, 3.8) is 0 Å². The largest absolute Gasteiger partial charge is 0.253 e. The summed E-state index contributed by atoms with van der Waals surface area (Å²) < 4.78 is 1.88. The summed E-state index contributed by atoms with van der Waals surface area (Å²) in [6, 6.07) is 0. The second-order valence-corrected chi connectivity index (χ2v) is 3.19. The van der Waals surface area contributed by atoms with Crippen molar-refractivity contribution in [3.05, 3.63) is 12.7 Å². The minimum atomic E-state index is 0.790. The Hall–Kier alpha value is -0.860. The molecule has 3 nitrogen and oxygen atoms in total. The number of rotatable bonds is 4. The first-order valence-corrected chi connectivity index (χ1v) is 4.11. The van der Waals surface area contributed by atoms with Gasteiger partial charge in [-0.05, 0) is 18.8 Å². The van der Waals surface area contributed by atoms with Crippen LogP contribution in [0.1, 0.15) is 26.7 Å². The van der Waals surface area contributed by atoms with Crippen LogP contribution in [0, 0.1) is 5.92 Å². The van der Waals surface area contributed by atoms with Gasteiger partial charge in [-0.2, -0.15) is 5.10 Å². The zero-order valence-corrected chi connectivity index (χ0v) is 7.20. The van der Waals surface area contributed by atoms with Crippen LogP contribution in [-0.2, 0) is 6.54 Å². The van der Waals surface area contributed by atoms with Gasteiger partial charge in [0, 0.05) is 6.54 Å². The van der Waals surface area contributed by atoms with Crippen LogP contribution in [0.15, 0.2) is 12.7 Å². The van der Waals surface area contributed by atoms with Gasteiger partial charge >= 0.3 is 0 Å². The van der Waals surface area contributed by atoms with Crippen LogP contribution in [0.3, 0.4) is 0 Å². The molecular weight excluding hydrogens is 138 g/mol. The van der Waals surface area contributed by atoms with Gasteiger partial charge < -0.3 is 0 Å². The Morgan fingerprint density at radius 1 is 1.45 bits per heavy atom. The Balaban J connectivity index is 2.14. The maximum absolute atomic E-state index is 4.02. The van der Waals surface area contributed by atoms with Crippen LogP contribution in [-0.4, -0.2) is 14.8 Å². The molecule has 0 saturated heterocycles. The standard InChI is InChI=1S/C8H15N3/c1-8(2)4-3-5-11-7-9-6-10-11/h6-8H,3-5H2,1-2H3. The van der Waals surface area contributed by atoms with Crippen molar-refractivity contribution in [2.45, 2.75) is 33.2 Å². The smallest absolute Gasteiger partial charge is 0.137 e. The summed E-state index contributed by atoms with van der Waals surface area (Å²) in [5.74, 6) is 0.790. The molecule has 0 bridgehead atoms. The van der Waals surface area contributed by atoms with Gasteiger partial charge in [-0.3, -0.25) is 4.68 Å². The van der Waals surface area contributed by atoms with Gasteiger partial charge in [0.1, 0.15) is 12.7 Å². The molecule has 11 heavy (non-hydrogen) atoms. The normalized spacial score (nSPS) is 10.8. The van der Waals surface area contributed by atoms with Crippen molar-refractivity contribution in [1.82, 2.24) is 14.8 Å². The van der Waals surface area contributed by atoms with E-state index in [1.54, 1.807) is 12.7 Å². The van der Waals surface area contributed by atoms with Gasteiger partial charge in [-0.1, -0.05) is 13.8 Å². The van der Waals surface area contributed by atoms with Crippen LogP contribution in [0.2, 0.25) is 0 Å². The molecule has 0 atom stereocenters. The molecule has 1 rings (SSSR count). The molecule has 0 amide bonds. The summed E-state index contributed by atoms with van der Waals surface area (Å²) in [6.07, 6.45) is 5.80. The molecule has 0 fully saturated rings. The minimum Gasteiger partial charge on any atom is -0.253 e. The lowest BCUT2D eigenvalue weighted by Crippen LogP contribution is -1.99. The number of hydrogen-bond donors (Lipinski definition) is 0. The highest BCUT2D eigenvalue weighted by Gasteiger charge is 1.94. The van der Waals surface area contributed by atoms with Crippen molar-refractivity contribution >= 4 is 0 Å². The molecule has 3 heteroatoms. The Bertz CT molecular complexity index is 179. The zero-order chi connectivity index (χ0) is 8.10. The average molecular weight is 153 g/mol. The van der Waals surface area contributed by atoms with Gasteiger partial charge in [0.05, 0.1) is 0 Å². The predicted octanol–water partition coefficient (Wildman–Crippen LogP) is 1.71. The van der Waals surface area contributed by atoms with Crippen molar-refractivity contribution in [1.29, 1.82) is 0 Å². The molecule has 0 aliphatic heterocycles. The summed E-state index contributed by atoms with van der Waals surface area (Å²) in [6.45, 7) is 5.47. The highest BCUT2D eigenvalue weighted by Crippen LogP contribution is 2.03. The number of nitrogens with zero attached hydrogens (tertiary/aromatic N) is 3. The van der Waals surface area contributed by atoms with Gasteiger partial charge in [-0.25, -0.2) is 4.98 Å². The first kappa shape index (κ1) is 8.24. The molecule has 0 aliphatic rings. The van der Waals surface area contributed by atoms with Gasteiger partial charge in [-0.15, -0.1) is 0 Å². The van der Waals surface area contributed by atoms with E-state index in [4.69, 9.17) is 0 Å². The highest BCUT2D eigenvalue weighted by molar-refractivity contribution is 4.56. The second kappa shape index (κ2) is 4.11. The Kier molecular flexibility index (Phi) is 3.08. The molecular formula is C8H15N3. The van der Waals surface area contributed by atoms with E-state index >= 15 is 0 Å². The fraction of sp³-hybridized carbons (Fsp3) is 0.750. The molecule has 62 valence electrons. The highest BCUT2D eigenvalue weighted by atomic mass is 15.3. The van der Waals surface area contributed by atoms with Crippen LogP contribution >= 0.6 is 0 Å². The first-order valence-electron chi connectivity index (χ1n) is 4.11. The summed E-state index contributed by atoms with van der Waals surface area (Å²) in [4.78, 5) is 3.87. The van der Waals surface area contributed by atoms with E-state index in [0.717, 1.165) is 12.5 Å². The molecule has 1 aromatic rings. The molecule has 1 aromatic heterocycles. The third-order valence-corrected chi connectivity index (χ3v) is 1.64. The van der Waals surface area contributed by atoms with E-state index in [2.05, 4.69) is 23.9 Å². The Morgan fingerprint density at radius 3 is 2.82 bits per heavy atom. The zero-order valence-electron chi connectivity index (χ0n) is 7.20. The maximum atomic E-state index is 4.02. The first-order chi connectivity index (χ1) is 5.29. The lowest BCUT2D eigenvalue weighted by molar-refractivity contribution is 0.489. The van der Waals surface area contributed by atoms with Crippen LogP contribution in [0.25, 0.3) is 0 Å². The number of hydrogen-bond acceptors (Lipinski definition) is 2. The third kappa shape index (κ3) is 3.16. The average Bonchev–Trinajstić information content (AvgIpc) is 2.39. The van der Waals surface area contributed by atoms with Crippen molar-refractivity contribution < 1.29 is 0 Å². The van der Waals surface area contributed by atoms with Gasteiger partial charge in [0.2, 0.25) is 0 Å². The Morgan fingerprint density at radius 2 is 2.27 bits per heavy atom. The van der Waals surface area contributed by atoms with E-state index < -0.39 is 0 Å². The van der Waals surface area contributed by atoms with E-state index in [-0.39, 0.29) is 0 Å². The van der Waals surface area contributed by atoms with E-state index in [1.165, 1.54) is 12.8 Å². The number of aromatic nitrogens is 3. The quantitative estimate of drug-likeness (QED) is 0.659. The predicted molar refractivity (Wildman–Crippen MR) is 44.1 cm³/mol. The van der Waals surface area contributed by atoms with Crippen LogP contribution in [0.5, 0.6) is 0 Å². The van der Waals surface area contributed by atoms with Gasteiger partial charge in [0.25, 0.3) is 0 Å². The fourth-order valence-corrected chi connectivity index (χ4v) is 1.01. The number of aryl methyl sites for hydroxylation is 1. The molecule has 0 aliphatic carbocycles. The van der Waals surface area contributed by atoms with Crippen molar-refractivity contribution in [2.24, 2.45) is 5.92 Å². The topological polar surface area (TPSA) is 30.7 Å². The molecule has 0 unspecified atom stereocenters. The Labute approximate surface area is 67.4 Å². The van der Waals surface area contributed by atoms with E-state index in [0.29, 0.717) is 0 Å². The van der Waals surface area contributed by atoms with Crippen LogP contribution in [0.4, 0.5) is 0 Å². The monoisotopic (exact) mass is 153 g/mol. The van der Waals surface area contributed by atoms with Gasteiger partial charge in [0.15, 0.2) is 0 Å². The fourth-order valence-electron chi connectivity index (χ4n) is 1.01. The molecule has 1 heterocycles. The second-order valence-electron chi connectivity index (χ2n) is 3.19. The van der Waals surface area contributed by atoms with E-state index in [1.807, 2.05) is 4.68 Å². The summed E-state index contributed by atoms with van der Waals surface area (Å²) >= 11 is 0. The summed E-state index contributed by atoms with van der Waals surface area (Å²) in [5, 5.41) is 4.02. The summed E-state index contributed by atoms with van der Waals surface area (Å²) in [5.41, 5.74) is 0. The molecule has 0 radical (unpaired) electrons. The molecule has 0 aromatic carbocycles. The third-order valence-electron chi connectivity index (χ3n) is 1.64. The minimum absolute atomic E-state index is 0.790. The van der Waals surface area contributed by atoms with E-state index in [9.17, 15) is 0 Å². The van der Waals surface area contributed by atoms with Crippen molar-refractivity contribution in [2.75, 3.05) is 0 Å². The SMILES string of the molecule is CC(C)CCCn1cncn1. The molecule has 0 N–H and O–H groups in total. The van der Waals surface area contributed by atoms with Crippen LogP contribution < -0.4 is 0 Å².